The number of hydrogen-bond donors (Lipinski definition) is 1. The Morgan fingerprint density at radius 1 is 1.17 bits per heavy atom. The Kier molecular flexibility index (Phi) is 9.04. The van der Waals surface area contributed by atoms with Gasteiger partial charge in [-0.15, -0.1) is 0 Å². The van der Waals surface area contributed by atoms with E-state index in [0.717, 1.165) is 16.0 Å². The minimum absolute atomic E-state index is 0.0702. The van der Waals surface area contributed by atoms with Gasteiger partial charge < -0.3 is 9.84 Å². The van der Waals surface area contributed by atoms with Gasteiger partial charge in [0.15, 0.2) is 5.78 Å². The van der Waals surface area contributed by atoms with Crippen LogP contribution in [0.15, 0.2) is 42.5 Å². The fourth-order valence-electron chi connectivity index (χ4n) is 4.49. The predicted molar refractivity (Wildman–Crippen MR) is 132 cm³/mol. The highest BCUT2D eigenvalue weighted by atomic mass is 35.5. The number of methoxy groups -OCH3 is 1. The molecular weight excluding hydrogens is 470 g/mol. The molecule has 0 bridgehead atoms. The second kappa shape index (κ2) is 12.0. The lowest BCUT2D eigenvalue weighted by molar-refractivity contribution is -0.148. The number of ketones is 1. The molecule has 2 amide bonds. The zero-order valence-corrected chi connectivity index (χ0v) is 20.7. The van der Waals surface area contributed by atoms with E-state index in [2.05, 4.69) is 0 Å². The molecule has 3 rings (SSSR count). The van der Waals surface area contributed by atoms with E-state index in [-0.39, 0.29) is 49.3 Å². The topological polar surface area (TPSA) is 101 Å². The van der Waals surface area contributed by atoms with Crippen LogP contribution in [0, 0.1) is 5.92 Å². The minimum Gasteiger partial charge on any atom is -0.496 e. The van der Waals surface area contributed by atoms with E-state index in [0.29, 0.717) is 35.6 Å². The summed E-state index contributed by atoms with van der Waals surface area (Å²) in [6.45, 7) is 1.74. The fraction of sp³-hybridized carbons (Fsp3) is 0.407. The van der Waals surface area contributed by atoms with Crippen LogP contribution in [0.1, 0.15) is 55.2 Å². The molecule has 2 aromatic rings. The van der Waals surface area contributed by atoms with E-state index in [1.807, 2.05) is 19.1 Å². The predicted octanol–water partition coefficient (Wildman–Crippen LogP) is 4.44. The molecule has 8 heteroatoms. The summed E-state index contributed by atoms with van der Waals surface area (Å²) in [5.74, 6) is -1.86. The van der Waals surface area contributed by atoms with E-state index in [4.69, 9.17) is 21.4 Å². The number of carboxylic acids is 1. The van der Waals surface area contributed by atoms with Crippen LogP contribution in [0.3, 0.4) is 0 Å². The molecule has 0 unspecified atom stereocenters. The molecule has 0 saturated carbocycles. The molecule has 0 aliphatic carbocycles. The van der Waals surface area contributed by atoms with Crippen molar-refractivity contribution in [1.82, 2.24) is 4.90 Å². The van der Waals surface area contributed by atoms with Crippen LogP contribution in [0.2, 0.25) is 5.02 Å². The van der Waals surface area contributed by atoms with Crippen LogP contribution >= 0.6 is 11.6 Å². The second-order valence-corrected chi connectivity index (χ2v) is 9.31. The summed E-state index contributed by atoms with van der Waals surface area (Å²) in [7, 11) is 1.54. The van der Waals surface area contributed by atoms with Crippen molar-refractivity contribution in [3.8, 4) is 5.75 Å². The number of nitrogens with zero attached hydrogens (tertiary/aromatic N) is 1. The number of carbonyl (C=O) groups excluding carboxylic acids is 3. The highest BCUT2D eigenvalue weighted by molar-refractivity contribution is 6.30. The van der Waals surface area contributed by atoms with E-state index in [1.54, 1.807) is 37.4 Å². The molecule has 0 radical (unpaired) electrons. The molecule has 7 nitrogen and oxygen atoms in total. The highest BCUT2D eigenvalue weighted by Gasteiger charge is 2.35. The van der Waals surface area contributed by atoms with Gasteiger partial charge in [0.1, 0.15) is 5.75 Å². The number of benzene rings is 2. The summed E-state index contributed by atoms with van der Waals surface area (Å²) < 4.78 is 5.40. The van der Waals surface area contributed by atoms with Crippen molar-refractivity contribution < 1.29 is 29.0 Å². The van der Waals surface area contributed by atoms with Crippen molar-refractivity contribution in [2.75, 3.05) is 13.7 Å². The Hall–Kier alpha value is -3.19. The number of amides is 2. The molecule has 35 heavy (non-hydrogen) atoms. The first kappa shape index (κ1) is 26.4. The van der Waals surface area contributed by atoms with Crippen LogP contribution in [-0.2, 0) is 32.0 Å². The van der Waals surface area contributed by atoms with Crippen molar-refractivity contribution in [3.05, 3.63) is 64.2 Å². The van der Waals surface area contributed by atoms with Crippen LogP contribution in [0.25, 0.3) is 0 Å². The van der Waals surface area contributed by atoms with Gasteiger partial charge in [-0.05, 0) is 60.1 Å². The standard InChI is InChI=1S/C27H30ClNO6/c1-3-18(19-6-4-17(5-7-19)12-26(32)33)15-25(31)29-16-23(30)10-8-20(27(29)34)13-21-14-22(28)9-11-24(21)35-2/h4-7,9,11,14,18,20H,3,8,10,12-13,15-16H2,1-2H3,(H,32,33)/t18-,20-/m0/s1. The molecule has 1 aliphatic rings. The number of hydrogen-bond acceptors (Lipinski definition) is 5. The van der Waals surface area contributed by atoms with Gasteiger partial charge in [-0.1, -0.05) is 42.8 Å². The van der Waals surface area contributed by atoms with Crippen LogP contribution in [0.5, 0.6) is 5.75 Å². The van der Waals surface area contributed by atoms with Crippen molar-refractivity contribution in [2.45, 2.75) is 51.4 Å². The number of carboxylic acid groups (broad SMARTS) is 1. The molecule has 1 fully saturated rings. The molecule has 0 spiro atoms. The highest BCUT2D eigenvalue weighted by Crippen LogP contribution is 2.30. The lowest BCUT2D eigenvalue weighted by Crippen LogP contribution is -2.42. The number of carbonyl (C=O) groups is 4. The van der Waals surface area contributed by atoms with Gasteiger partial charge in [0.05, 0.1) is 20.1 Å². The number of aliphatic carboxylic acids is 1. The van der Waals surface area contributed by atoms with E-state index < -0.39 is 11.9 Å². The third kappa shape index (κ3) is 6.92. The van der Waals surface area contributed by atoms with Crippen molar-refractivity contribution in [3.63, 3.8) is 0 Å². The molecular formula is C27H30ClNO6. The van der Waals surface area contributed by atoms with Gasteiger partial charge in [-0.2, -0.15) is 0 Å². The Balaban J connectivity index is 1.76. The molecule has 1 aliphatic heterocycles. The van der Waals surface area contributed by atoms with Crippen LogP contribution in [0.4, 0.5) is 0 Å². The number of halogens is 1. The molecule has 186 valence electrons. The maximum atomic E-state index is 13.4. The average molecular weight is 500 g/mol. The normalized spacial score (nSPS) is 17.1. The Bertz CT molecular complexity index is 1100. The minimum atomic E-state index is -0.908. The van der Waals surface area contributed by atoms with E-state index in [9.17, 15) is 19.2 Å². The Morgan fingerprint density at radius 2 is 1.89 bits per heavy atom. The number of rotatable bonds is 9. The largest absolute Gasteiger partial charge is 0.496 e. The van der Waals surface area contributed by atoms with E-state index >= 15 is 0 Å². The molecule has 1 N–H and O–H groups in total. The molecule has 1 saturated heterocycles. The molecule has 1 heterocycles. The number of likely N-dealkylation sites (tertiary alicyclic amines) is 1. The average Bonchev–Trinajstić information content (AvgIpc) is 2.96. The van der Waals surface area contributed by atoms with Crippen molar-refractivity contribution >= 4 is 35.2 Å². The van der Waals surface area contributed by atoms with Crippen molar-refractivity contribution in [1.29, 1.82) is 0 Å². The lowest BCUT2D eigenvalue weighted by Gasteiger charge is -2.25. The fourth-order valence-corrected chi connectivity index (χ4v) is 4.68. The monoisotopic (exact) mass is 499 g/mol. The summed E-state index contributed by atoms with van der Waals surface area (Å²) >= 11 is 6.14. The third-order valence-electron chi connectivity index (χ3n) is 6.45. The lowest BCUT2D eigenvalue weighted by atomic mass is 9.91. The summed E-state index contributed by atoms with van der Waals surface area (Å²) in [5.41, 5.74) is 2.33. The summed E-state index contributed by atoms with van der Waals surface area (Å²) in [6.07, 6.45) is 1.58. The quantitative estimate of drug-likeness (QED) is 0.547. The van der Waals surface area contributed by atoms with Gasteiger partial charge in [0.2, 0.25) is 11.8 Å². The van der Waals surface area contributed by atoms with Gasteiger partial charge in [-0.25, -0.2) is 0 Å². The zero-order valence-electron chi connectivity index (χ0n) is 20.0. The SMILES string of the molecule is CC[C@@H](CC(=O)N1CC(=O)CC[C@@H](Cc2cc(Cl)ccc2OC)C1=O)c1ccc(CC(=O)O)cc1. The first-order chi connectivity index (χ1) is 16.7. The van der Waals surface area contributed by atoms with Gasteiger partial charge >= 0.3 is 5.97 Å². The second-order valence-electron chi connectivity index (χ2n) is 8.87. The molecule has 0 aromatic heterocycles. The maximum absolute atomic E-state index is 13.4. The zero-order chi connectivity index (χ0) is 25.5. The summed E-state index contributed by atoms with van der Waals surface area (Å²) in [5, 5.41) is 9.48. The number of ether oxygens (including phenoxy) is 1. The maximum Gasteiger partial charge on any atom is 0.307 e. The Morgan fingerprint density at radius 3 is 2.51 bits per heavy atom. The third-order valence-corrected chi connectivity index (χ3v) is 6.69. The van der Waals surface area contributed by atoms with E-state index in [1.165, 1.54) is 0 Å². The van der Waals surface area contributed by atoms with Crippen LogP contribution < -0.4 is 4.74 Å². The smallest absolute Gasteiger partial charge is 0.307 e. The van der Waals surface area contributed by atoms with Crippen LogP contribution in [-0.4, -0.2) is 47.2 Å². The van der Waals surface area contributed by atoms with Gasteiger partial charge in [0.25, 0.3) is 0 Å². The number of Topliss-reactive ketones (excluding diaryl/α,β-unsaturated/α-hetero) is 1. The molecule has 2 aromatic carbocycles. The van der Waals surface area contributed by atoms with Gasteiger partial charge in [0, 0.05) is 23.8 Å². The molecule has 2 atom stereocenters. The van der Waals surface area contributed by atoms with Gasteiger partial charge in [-0.3, -0.25) is 24.1 Å². The number of imide groups is 1. The summed E-state index contributed by atoms with van der Waals surface area (Å²) in [4.78, 5) is 51.1. The van der Waals surface area contributed by atoms with Crippen molar-refractivity contribution in [2.24, 2.45) is 5.92 Å². The first-order valence-corrected chi connectivity index (χ1v) is 12.1. The summed E-state index contributed by atoms with van der Waals surface area (Å²) in [6, 6.07) is 12.3. The first-order valence-electron chi connectivity index (χ1n) is 11.7. The Labute approximate surface area is 210 Å².